The number of hydrogen-bond donors (Lipinski definition) is 0. The Morgan fingerprint density at radius 1 is 1.38 bits per heavy atom. The van der Waals surface area contributed by atoms with Gasteiger partial charge >= 0.3 is 5.97 Å². The van der Waals surface area contributed by atoms with Crippen LogP contribution in [0.3, 0.4) is 0 Å². The zero-order valence-corrected chi connectivity index (χ0v) is 13.0. The smallest absolute Gasteiger partial charge is 0.336 e. The third-order valence-corrected chi connectivity index (χ3v) is 3.98. The number of amides is 1. The molecule has 1 unspecified atom stereocenters. The molecule has 0 aromatic heterocycles. The fraction of sp³-hybridized carbons (Fsp3) is 0.429. The van der Waals surface area contributed by atoms with Gasteiger partial charge < -0.3 is 14.4 Å². The lowest BCUT2D eigenvalue weighted by Gasteiger charge is -2.31. The molecule has 5 nitrogen and oxygen atoms in total. The molecule has 0 radical (unpaired) electrons. The lowest BCUT2D eigenvalue weighted by molar-refractivity contribution is -0.162. The Labute approximate surface area is 132 Å². The summed E-state index contributed by atoms with van der Waals surface area (Å²) >= 11 is 12.1. The molecule has 1 aromatic carbocycles. The van der Waals surface area contributed by atoms with Crippen LogP contribution in [0.15, 0.2) is 18.2 Å². The number of nitrogens with zero attached hydrogens (tertiary/aromatic N) is 1. The van der Waals surface area contributed by atoms with Crippen molar-refractivity contribution in [3.05, 3.63) is 33.8 Å². The molecule has 21 heavy (non-hydrogen) atoms. The van der Waals surface area contributed by atoms with Gasteiger partial charge in [-0.2, -0.15) is 0 Å². The van der Waals surface area contributed by atoms with Gasteiger partial charge in [-0.25, -0.2) is 4.79 Å². The molecule has 114 valence electrons. The van der Waals surface area contributed by atoms with Crippen LogP contribution < -0.4 is 0 Å². The molecule has 1 aliphatic rings. The summed E-state index contributed by atoms with van der Waals surface area (Å²) in [7, 11) is 1.29. The molecule has 1 amide bonds. The molecule has 1 aliphatic heterocycles. The summed E-state index contributed by atoms with van der Waals surface area (Å²) in [6, 6.07) is 5.10. The zero-order valence-electron chi connectivity index (χ0n) is 11.5. The van der Waals surface area contributed by atoms with E-state index >= 15 is 0 Å². The molecule has 0 aliphatic carbocycles. The normalized spacial score (nSPS) is 18.4. The van der Waals surface area contributed by atoms with E-state index < -0.39 is 12.1 Å². The summed E-state index contributed by atoms with van der Waals surface area (Å²) in [6.07, 6.45) is -0.652. The molecular formula is C14H15Cl2NO4. The number of carbonyl (C=O) groups is 2. The number of benzene rings is 1. The minimum Gasteiger partial charge on any atom is -0.467 e. The highest BCUT2D eigenvalue weighted by atomic mass is 35.5. The van der Waals surface area contributed by atoms with Gasteiger partial charge in [-0.3, -0.25) is 4.79 Å². The number of ether oxygens (including phenoxy) is 2. The SMILES string of the molecule is COC(=O)C1CN(C(=O)Cc2c(Cl)cccc2Cl)CCO1. The Morgan fingerprint density at radius 2 is 2.05 bits per heavy atom. The van der Waals surface area contributed by atoms with Crippen molar-refractivity contribution in [1.82, 2.24) is 4.90 Å². The van der Waals surface area contributed by atoms with E-state index in [0.29, 0.717) is 28.8 Å². The summed E-state index contributed by atoms with van der Waals surface area (Å²) in [5, 5.41) is 0.905. The van der Waals surface area contributed by atoms with E-state index in [1.54, 1.807) is 23.1 Å². The highest BCUT2D eigenvalue weighted by molar-refractivity contribution is 6.36. The summed E-state index contributed by atoms with van der Waals surface area (Å²) in [5.41, 5.74) is 0.590. The van der Waals surface area contributed by atoms with Crippen LogP contribution in [-0.4, -0.2) is 49.7 Å². The van der Waals surface area contributed by atoms with Crippen molar-refractivity contribution >= 4 is 35.1 Å². The van der Waals surface area contributed by atoms with Gasteiger partial charge in [0.05, 0.1) is 26.7 Å². The van der Waals surface area contributed by atoms with Gasteiger partial charge in [0.15, 0.2) is 6.10 Å². The summed E-state index contributed by atoms with van der Waals surface area (Å²) < 4.78 is 9.92. The van der Waals surface area contributed by atoms with Crippen LogP contribution in [0.1, 0.15) is 5.56 Å². The van der Waals surface area contributed by atoms with Crippen molar-refractivity contribution in [3.8, 4) is 0 Å². The van der Waals surface area contributed by atoms with Gasteiger partial charge in [0, 0.05) is 16.6 Å². The largest absolute Gasteiger partial charge is 0.467 e. The average Bonchev–Trinajstić information content (AvgIpc) is 2.50. The standard InChI is InChI=1S/C14H15Cl2NO4/c1-20-14(19)12-8-17(5-6-21-12)13(18)7-9-10(15)3-2-4-11(9)16/h2-4,12H,5-8H2,1H3. The number of rotatable bonds is 3. The predicted octanol–water partition coefficient (Wildman–Crippen LogP) is 1.94. The lowest BCUT2D eigenvalue weighted by atomic mass is 10.1. The van der Waals surface area contributed by atoms with Gasteiger partial charge in [-0.1, -0.05) is 29.3 Å². The first-order valence-corrected chi connectivity index (χ1v) is 7.18. The number of esters is 1. The van der Waals surface area contributed by atoms with E-state index in [-0.39, 0.29) is 18.9 Å². The van der Waals surface area contributed by atoms with Crippen LogP contribution >= 0.6 is 23.2 Å². The molecule has 1 fully saturated rings. The van der Waals surface area contributed by atoms with Crippen molar-refractivity contribution in [2.24, 2.45) is 0 Å². The van der Waals surface area contributed by atoms with Crippen LogP contribution in [0.2, 0.25) is 10.0 Å². The molecule has 0 spiro atoms. The van der Waals surface area contributed by atoms with Gasteiger partial charge in [-0.15, -0.1) is 0 Å². The second-order valence-corrected chi connectivity index (χ2v) is 5.41. The first kappa shape index (κ1) is 16.1. The second kappa shape index (κ2) is 7.11. The monoisotopic (exact) mass is 331 g/mol. The van der Waals surface area contributed by atoms with Crippen LogP contribution in [-0.2, 0) is 25.5 Å². The quantitative estimate of drug-likeness (QED) is 0.794. The molecular weight excluding hydrogens is 317 g/mol. The molecule has 2 rings (SSSR count). The van der Waals surface area contributed by atoms with Crippen molar-refractivity contribution in [2.75, 3.05) is 26.8 Å². The molecule has 1 saturated heterocycles. The minimum absolute atomic E-state index is 0.0897. The predicted molar refractivity (Wildman–Crippen MR) is 78.5 cm³/mol. The molecule has 1 heterocycles. The van der Waals surface area contributed by atoms with Crippen molar-refractivity contribution in [3.63, 3.8) is 0 Å². The van der Waals surface area contributed by atoms with Gasteiger partial charge in [0.2, 0.25) is 5.91 Å². The third kappa shape index (κ3) is 3.87. The van der Waals surface area contributed by atoms with E-state index in [1.807, 2.05) is 0 Å². The van der Waals surface area contributed by atoms with E-state index in [1.165, 1.54) is 7.11 Å². The van der Waals surface area contributed by atoms with Crippen molar-refractivity contribution in [2.45, 2.75) is 12.5 Å². The summed E-state index contributed by atoms with van der Waals surface area (Å²) in [6.45, 7) is 0.893. The maximum atomic E-state index is 12.3. The summed E-state index contributed by atoms with van der Waals surface area (Å²) in [4.78, 5) is 25.4. The number of halogens is 2. The Morgan fingerprint density at radius 3 is 2.67 bits per heavy atom. The highest BCUT2D eigenvalue weighted by Crippen LogP contribution is 2.25. The van der Waals surface area contributed by atoms with E-state index in [0.717, 1.165) is 0 Å². The first-order chi connectivity index (χ1) is 10.0. The van der Waals surface area contributed by atoms with E-state index in [9.17, 15) is 9.59 Å². The van der Waals surface area contributed by atoms with E-state index in [4.69, 9.17) is 27.9 Å². The highest BCUT2D eigenvalue weighted by Gasteiger charge is 2.30. The van der Waals surface area contributed by atoms with Crippen LogP contribution in [0.4, 0.5) is 0 Å². The van der Waals surface area contributed by atoms with Crippen LogP contribution in [0, 0.1) is 0 Å². The van der Waals surface area contributed by atoms with Gasteiger partial charge in [0.1, 0.15) is 0 Å². The fourth-order valence-corrected chi connectivity index (χ4v) is 2.65. The second-order valence-electron chi connectivity index (χ2n) is 4.60. The Kier molecular flexibility index (Phi) is 5.45. The molecule has 0 saturated carbocycles. The van der Waals surface area contributed by atoms with Crippen molar-refractivity contribution in [1.29, 1.82) is 0 Å². The molecule has 7 heteroatoms. The molecule has 1 atom stereocenters. The van der Waals surface area contributed by atoms with Gasteiger partial charge in [-0.05, 0) is 17.7 Å². The summed E-state index contributed by atoms with van der Waals surface area (Å²) in [5.74, 6) is -0.634. The number of carbonyl (C=O) groups excluding carboxylic acids is 2. The van der Waals surface area contributed by atoms with Gasteiger partial charge in [0.25, 0.3) is 0 Å². The maximum Gasteiger partial charge on any atom is 0.336 e. The zero-order chi connectivity index (χ0) is 15.4. The fourth-order valence-electron chi connectivity index (χ4n) is 2.11. The molecule has 1 aromatic rings. The Hall–Kier alpha value is -1.30. The third-order valence-electron chi connectivity index (χ3n) is 3.27. The first-order valence-electron chi connectivity index (χ1n) is 6.43. The number of hydrogen-bond acceptors (Lipinski definition) is 4. The number of methoxy groups -OCH3 is 1. The Bertz CT molecular complexity index is 530. The van der Waals surface area contributed by atoms with Crippen molar-refractivity contribution < 1.29 is 19.1 Å². The average molecular weight is 332 g/mol. The maximum absolute atomic E-state index is 12.3. The Balaban J connectivity index is 2.05. The molecule has 0 N–H and O–H groups in total. The lowest BCUT2D eigenvalue weighted by Crippen LogP contribution is -2.49. The van der Waals surface area contributed by atoms with Crippen LogP contribution in [0.25, 0.3) is 0 Å². The van der Waals surface area contributed by atoms with Crippen LogP contribution in [0.5, 0.6) is 0 Å². The minimum atomic E-state index is -0.741. The number of morpholine rings is 1. The topological polar surface area (TPSA) is 55.8 Å². The molecule has 0 bridgehead atoms. The van der Waals surface area contributed by atoms with E-state index in [2.05, 4.69) is 4.74 Å².